The van der Waals surface area contributed by atoms with Crippen molar-refractivity contribution < 1.29 is 0 Å². The molecule has 122 valence electrons. The van der Waals surface area contributed by atoms with Gasteiger partial charge in [-0.1, -0.05) is 92.5 Å². The van der Waals surface area contributed by atoms with Crippen molar-refractivity contribution in [3.63, 3.8) is 0 Å². The van der Waals surface area contributed by atoms with Crippen LogP contribution in [0.4, 0.5) is 0 Å². The molecular weight excluding hydrogens is 254 g/mol. The number of aryl methyl sites for hydroxylation is 1. The van der Waals surface area contributed by atoms with Crippen LogP contribution in [0.2, 0.25) is 0 Å². The first-order valence-electron chi connectivity index (χ1n) is 7.51. The minimum absolute atomic E-state index is 0. The summed E-state index contributed by atoms with van der Waals surface area (Å²) in [6, 6.07) is 12.3. The molecule has 0 saturated carbocycles. The summed E-state index contributed by atoms with van der Waals surface area (Å²) in [5.41, 5.74) is 2.15. The van der Waals surface area contributed by atoms with E-state index in [0.29, 0.717) is 0 Å². The van der Waals surface area contributed by atoms with Crippen molar-refractivity contribution in [2.45, 2.75) is 75.2 Å². The Morgan fingerprint density at radius 1 is 0.714 bits per heavy atom. The summed E-state index contributed by atoms with van der Waals surface area (Å²) in [6.45, 7) is 10.7. The summed E-state index contributed by atoms with van der Waals surface area (Å²) in [4.78, 5) is 4.38. The highest BCUT2D eigenvalue weighted by atomic mass is 14.7. The molecule has 0 radical (unpaired) electrons. The van der Waals surface area contributed by atoms with Crippen LogP contribution in [0.1, 0.15) is 73.9 Å². The van der Waals surface area contributed by atoms with Gasteiger partial charge in [-0.05, 0) is 19.1 Å². The Labute approximate surface area is 133 Å². The second-order valence-electron chi connectivity index (χ2n) is 4.65. The van der Waals surface area contributed by atoms with Gasteiger partial charge in [0.05, 0.1) is 5.52 Å². The normalized spacial score (nSPS) is 8.24. The molecule has 2 rings (SSSR count). The predicted octanol–water partition coefficient (Wildman–Crippen LogP) is 7.43. The van der Waals surface area contributed by atoms with Crippen molar-refractivity contribution in [3.8, 4) is 0 Å². The highest BCUT2D eigenvalue weighted by Gasteiger charge is 1.91. The number of aromatic nitrogens is 1. The van der Waals surface area contributed by atoms with Crippen LogP contribution in [0, 0.1) is 6.92 Å². The molecule has 0 aliphatic rings. The van der Waals surface area contributed by atoms with Gasteiger partial charge < -0.3 is 0 Å². The van der Waals surface area contributed by atoms with Gasteiger partial charge in [0.15, 0.2) is 0 Å². The monoisotopic (exact) mass is 291 g/mol. The Bertz CT molecular complexity index is 427. The minimum Gasteiger partial charge on any atom is -0.253 e. The fourth-order valence-corrected chi connectivity index (χ4v) is 1.17. The average Bonchev–Trinajstić information content (AvgIpc) is 2.47. The Morgan fingerprint density at radius 3 is 1.67 bits per heavy atom. The number of para-hydroxylation sites is 1. The summed E-state index contributed by atoms with van der Waals surface area (Å²) in [7, 11) is 0. The molecule has 0 saturated heterocycles. The molecule has 0 aliphatic heterocycles. The van der Waals surface area contributed by atoms with Gasteiger partial charge >= 0.3 is 0 Å². The van der Waals surface area contributed by atoms with Gasteiger partial charge in [-0.3, -0.25) is 4.98 Å². The van der Waals surface area contributed by atoms with E-state index in [1.54, 1.807) is 0 Å². The Kier molecular flexibility index (Phi) is 19.6. The second kappa shape index (κ2) is 16.7. The molecule has 21 heavy (non-hydrogen) atoms. The first-order chi connectivity index (χ1) is 9.19. The summed E-state index contributed by atoms with van der Waals surface area (Å²) < 4.78 is 0. The molecule has 1 nitrogen and oxygen atoms in total. The van der Waals surface area contributed by atoms with Crippen LogP contribution in [0.25, 0.3) is 10.9 Å². The molecular formula is C20H37N. The Hall–Kier alpha value is -1.37. The molecule has 0 bridgehead atoms. The smallest absolute Gasteiger partial charge is 0.0705 e. The highest BCUT2D eigenvalue weighted by Crippen LogP contribution is 2.10. The number of nitrogens with zero attached hydrogens (tertiary/aromatic N) is 1. The van der Waals surface area contributed by atoms with E-state index < -0.39 is 0 Å². The van der Waals surface area contributed by atoms with Crippen LogP contribution in [-0.2, 0) is 0 Å². The number of fused-ring (bicyclic) bond motifs is 1. The van der Waals surface area contributed by atoms with Crippen LogP contribution < -0.4 is 0 Å². The number of unbranched alkanes of at least 4 members (excludes halogenated alkanes) is 2. The lowest BCUT2D eigenvalue weighted by atomic mass is 10.2. The zero-order valence-electron chi connectivity index (χ0n) is 13.2. The van der Waals surface area contributed by atoms with Crippen LogP contribution in [-0.4, -0.2) is 4.98 Å². The molecule has 0 aliphatic carbocycles. The molecule has 0 spiro atoms. The van der Waals surface area contributed by atoms with Gasteiger partial charge in [0.2, 0.25) is 0 Å². The number of hydrogen-bond donors (Lipinski definition) is 0. The standard InChI is InChI=1S/C10H9N.2C4H10.2CH4/c1-8-6-7-9-4-2-3-5-10(9)11-8;2*1-3-4-2;;/h2-7H,1H3;2*3-4H2,1-2H3;2*1H4. The van der Waals surface area contributed by atoms with E-state index in [9.17, 15) is 0 Å². The largest absolute Gasteiger partial charge is 0.253 e. The quantitative estimate of drug-likeness (QED) is 0.560. The van der Waals surface area contributed by atoms with Crippen molar-refractivity contribution in [1.82, 2.24) is 4.98 Å². The van der Waals surface area contributed by atoms with E-state index in [-0.39, 0.29) is 14.9 Å². The summed E-state index contributed by atoms with van der Waals surface area (Å²) in [6.07, 6.45) is 5.28. The van der Waals surface area contributed by atoms with E-state index in [0.717, 1.165) is 11.2 Å². The number of pyridine rings is 1. The Balaban J connectivity index is -0.000000280. The minimum atomic E-state index is 0. The van der Waals surface area contributed by atoms with E-state index >= 15 is 0 Å². The predicted molar refractivity (Wildman–Crippen MR) is 101 cm³/mol. The third-order valence-corrected chi connectivity index (χ3v) is 2.74. The second-order valence-corrected chi connectivity index (χ2v) is 4.65. The maximum atomic E-state index is 4.38. The van der Waals surface area contributed by atoms with E-state index in [4.69, 9.17) is 0 Å². The van der Waals surface area contributed by atoms with Gasteiger partial charge in [-0.2, -0.15) is 0 Å². The van der Waals surface area contributed by atoms with E-state index in [1.165, 1.54) is 31.1 Å². The van der Waals surface area contributed by atoms with E-state index in [1.807, 2.05) is 31.2 Å². The molecule has 1 heteroatoms. The third-order valence-electron chi connectivity index (χ3n) is 2.74. The van der Waals surface area contributed by atoms with E-state index in [2.05, 4.69) is 44.8 Å². The van der Waals surface area contributed by atoms with Gasteiger partial charge in [0.1, 0.15) is 0 Å². The summed E-state index contributed by atoms with van der Waals surface area (Å²) in [5, 5.41) is 1.21. The molecule has 1 aromatic carbocycles. The molecule has 0 atom stereocenters. The number of benzene rings is 1. The van der Waals surface area contributed by atoms with Crippen molar-refractivity contribution in [2.24, 2.45) is 0 Å². The number of hydrogen-bond acceptors (Lipinski definition) is 1. The van der Waals surface area contributed by atoms with Crippen molar-refractivity contribution >= 4 is 10.9 Å². The van der Waals surface area contributed by atoms with Crippen LogP contribution in [0.3, 0.4) is 0 Å². The zero-order chi connectivity index (χ0) is 14.5. The fraction of sp³-hybridized carbons (Fsp3) is 0.550. The molecule has 0 N–H and O–H groups in total. The van der Waals surface area contributed by atoms with Gasteiger partial charge in [0.25, 0.3) is 0 Å². The van der Waals surface area contributed by atoms with Crippen LogP contribution >= 0.6 is 0 Å². The molecule has 1 aromatic heterocycles. The SMILES string of the molecule is C.C.CCCC.CCCC.Cc1ccc2ccccc2n1. The van der Waals surface area contributed by atoms with Crippen molar-refractivity contribution in [3.05, 3.63) is 42.1 Å². The molecule has 2 aromatic rings. The maximum absolute atomic E-state index is 4.38. The first-order valence-corrected chi connectivity index (χ1v) is 7.51. The first kappa shape index (κ1) is 24.6. The fourth-order valence-electron chi connectivity index (χ4n) is 1.17. The van der Waals surface area contributed by atoms with Gasteiger partial charge in [-0.15, -0.1) is 0 Å². The van der Waals surface area contributed by atoms with Crippen molar-refractivity contribution in [2.75, 3.05) is 0 Å². The van der Waals surface area contributed by atoms with Crippen LogP contribution in [0.5, 0.6) is 0 Å². The zero-order valence-corrected chi connectivity index (χ0v) is 13.2. The lowest BCUT2D eigenvalue weighted by Crippen LogP contribution is -1.80. The van der Waals surface area contributed by atoms with Gasteiger partial charge in [0, 0.05) is 11.1 Å². The lowest BCUT2D eigenvalue weighted by Gasteiger charge is -1.95. The summed E-state index contributed by atoms with van der Waals surface area (Å²) in [5.74, 6) is 0. The summed E-state index contributed by atoms with van der Waals surface area (Å²) >= 11 is 0. The molecule has 0 amide bonds. The average molecular weight is 292 g/mol. The third kappa shape index (κ3) is 12.1. The Morgan fingerprint density at radius 2 is 1.19 bits per heavy atom. The maximum Gasteiger partial charge on any atom is 0.0705 e. The lowest BCUT2D eigenvalue weighted by molar-refractivity contribution is 0.886. The van der Waals surface area contributed by atoms with Crippen LogP contribution in [0.15, 0.2) is 36.4 Å². The topological polar surface area (TPSA) is 12.9 Å². The van der Waals surface area contributed by atoms with Gasteiger partial charge in [-0.25, -0.2) is 0 Å². The molecule has 0 unspecified atom stereocenters. The van der Waals surface area contributed by atoms with Crippen molar-refractivity contribution in [1.29, 1.82) is 0 Å². The highest BCUT2D eigenvalue weighted by molar-refractivity contribution is 5.78. The molecule has 0 fully saturated rings. The number of rotatable bonds is 2. The molecule has 1 heterocycles.